The third kappa shape index (κ3) is 3.50. The Kier molecular flexibility index (Phi) is 5.28. The number of ketones is 1. The lowest BCUT2D eigenvalue weighted by Gasteiger charge is -2.41. The molecule has 2 aliphatic carbocycles. The molecule has 0 aromatic heterocycles. The van der Waals surface area contributed by atoms with Crippen molar-refractivity contribution in [2.24, 2.45) is 5.92 Å². The van der Waals surface area contributed by atoms with Crippen molar-refractivity contribution >= 4 is 11.5 Å². The van der Waals surface area contributed by atoms with Crippen LogP contribution < -0.4 is 10.2 Å². The molecule has 3 aliphatic heterocycles. The summed E-state index contributed by atoms with van der Waals surface area (Å²) in [6, 6.07) is 6.40. The number of hydrogen-bond donors (Lipinski definition) is 2. The molecule has 1 aromatic carbocycles. The number of carbonyl (C=O) groups excluding carboxylic acids is 1. The highest BCUT2D eigenvalue weighted by Gasteiger charge is 2.48. The van der Waals surface area contributed by atoms with Gasteiger partial charge in [0.2, 0.25) is 0 Å². The van der Waals surface area contributed by atoms with Crippen LogP contribution in [0, 0.1) is 17.2 Å². The van der Waals surface area contributed by atoms with E-state index in [1.54, 1.807) is 12.1 Å². The van der Waals surface area contributed by atoms with E-state index < -0.39 is 5.41 Å². The van der Waals surface area contributed by atoms with Gasteiger partial charge in [-0.05, 0) is 42.7 Å². The maximum absolute atomic E-state index is 13.7. The summed E-state index contributed by atoms with van der Waals surface area (Å²) in [7, 11) is 0. The summed E-state index contributed by atoms with van der Waals surface area (Å²) in [4.78, 5) is 18.5. The van der Waals surface area contributed by atoms with Gasteiger partial charge in [0.25, 0.3) is 0 Å². The fourth-order valence-corrected chi connectivity index (χ4v) is 6.58. The first kappa shape index (κ1) is 22.4. The summed E-state index contributed by atoms with van der Waals surface area (Å²) in [5.74, 6) is 0.0545. The quantitative estimate of drug-likeness (QED) is 0.684. The molecule has 2 unspecified atom stereocenters. The van der Waals surface area contributed by atoms with E-state index in [1.807, 2.05) is 18.2 Å². The molecular formula is C28H32N4O3. The minimum absolute atomic E-state index is 0.0272. The molecule has 0 bridgehead atoms. The SMILES string of the molecule is CC1(C)C2=C(C(=O)c3cc(O)c(N4CCC(N5CCOCC5)CC4)cc31)C1C=CC(C#N)=CC1N2. The summed E-state index contributed by atoms with van der Waals surface area (Å²) in [5, 5.41) is 23.9. The van der Waals surface area contributed by atoms with Gasteiger partial charge in [-0.15, -0.1) is 0 Å². The molecule has 0 spiro atoms. The number of Topliss-reactive ketones (excluding diaryl/α,β-unsaturated/α-hetero) is 1. The number of phenols is 1. The van der Waals surface area contributed by atoms with Crippen molar-refractivity contribution in [3.8, 4) is 11.8 Å². The van der Waals surface area contributed by atoms with Crippen molar-refractivity contribution < 1.29 is 14.6 Å². The number of phenolic OH excluding ortho intramolecular Hbond substituents is 1. The van der Waals surface area contributed by atoms with Gasteiger partial charge < -0.3 is 20.1 Å². The number of benzene rings is 1. The molecule has 2 N–H and O–H groups in total. The van der Waals surface area contributed by atoms with E-state index in [2.05, 4.69) is 35.0 Å². The molecule has 35 heavy (non-hydrogen) atoms. The Morgan fingerprint density at radius 2 is 1.91 bits per heavy atom. The van der Waals surface area contributed by atoms with Gasteiger partial charge in [0, 0.05) is 66.0 Å². The van der Waals surface area contributed by atoms with Crippen molar-refractivity contribution in [3.05, 3.63) is 58.3 Å². The molecule has 7 heteroatoms. The minimum atomic E-state index is -0.418. The first-order valence-corrected chi connectivity index (χ1v) is 12.7. The Morgan fingerprint density at radius 3 is 2.63 bits per heavy atom. The molecule has 182 valence electrons. The summed E-state index contributed by atoms with van der Waals surface area (Å²) >= 11 is 0. The fourth-order valence-electron chi connectivity index (χ4n) is 6.58. The van der Waals surface area contributed by atoms with Crippen LogP contribution in [0.2, 0.25) is 0 Å². The van der Waals surface area contributed by atoms with Crippen LogP contribution in [0.4, 0.5) is 5.69 Å². The van der Waals surface area contributed by atoms with Crippen LogP contribution in [0.15, 0.2) is 47.2 Å². The highest BCUT2D eigenvalue weighted by Crippen LogP contribution is 2.49. The van der Waals surface area contributed by atoms with E-state index in [1.165, 1.54) is 0 Å². The number of morpholine rings is 1. The van der Waals surface area contributed by atoms with Crippen LogP contribution in [0.1, 0.15) is 42.6 Å². The topological polar surface area (TPSA) is 88.8 Å². The van der Waals surface area contributed by atoms with E-state index in [0.29, 0.717) is 17.2 Å². The second kappa shape index (κ2) is 8.25. The number of nitrogens with zero attached hydrogens (tertiary/aromatic N) is 3. The average molecular weight is 473 g/mol. The van der Waals surface area contributed by atoms with Gasteiger partial charge in [-0.2, -0.15) is 5.26 Å². The number of piperidine rings is 1. The molecule has 0 saturated carbocycles. The lowest BCUT2D eigenvalue weighted by atomic mass is 9.69. The van der Waals surface area contributed by atoms with E-state index >= 15 is 0 Å². The molecule has 2 atom stereocenters. The number of hydrogen-bond acceptors (Lipinski definition) is 7. The molecule has 1 aromatic rings. The standard InChI is InChI=1S/C28H32N4O3/c1-28(2)21-15-23(32-7-5-18(6-8-32)31-9-11-35-12-10-31)24(33)14-20(21)26(34)25-19-4-3-17(16-29)13-22(19)30-27(25)28/h3-4,13-15,18-19,22,30,33H,5-12H2,1-2H3. The summed E-state index contributed by atoms with van der Waals surface area (Å²) < 4.78 is 5.51. The smallest absolute Gasteiger partial charge is 0.191 e. The van der Waals surface area contributed by atoms with Gasteiger partial charge in [0.1, 0.15) is 5.75 Å². The van der Waals surface area contributed by atoms with Crippen LogP contribution in [0.25, 0.3) is 0 Å². The van der Waals surface area contributed by atoms with E-state index in [4.69, 9.17) is 4.74 Å². The molecule has 7 nitrogen and oxygen atoms in total. The number of nitriles is 1. The average Bonchev–Trinajstić information content (AvgIpc) is 3.28. The second-order valence-corrected chi connectivity index (χ2v) is 10.8. The highest BCUT2D eigenvalue weighted by molar-refractivity contribution is 6.14. The summed E-state index contributed by atoms with van der Waals surface area (Å²) in [6.07, 6.45) is 7.79. The predicted molar refractivity (Wildman–Crippen MR) is 133 cm³/mol. The first-order valence-electron chi connectivity index (χ1n) is 12.7. The van der Waals surface area contributed by atoms with Crippen LogP contribution in [-0.2, 0) is 10.2 Å². The van der Waals surface area contributed by atoms with Crippen LogP contribution in [-0.4, -0.2) is 67.3 Å². The van der Waals surface area contributed by atoms with Crippen molar-refractivity contribution in [2.75, 3.05) is 44.3 Å². The zero-order chi connectivity index (χ0) is 24.3. The largest absolute Gasteiger partial charge is 0.506 e. The van der Waals surface area contributed by atoms with Crippen LogP contribution >= 0.6 is 0 Å². The molecule has 5 aliphatic rings. The number of fused-ring (bicyclic) bond motifs is 3. The summed E-state index contributed by atoms with van der Waals surface area (Å²) in [6.45, 7) is 9.66. The molecule has 6 rings (SSSR count). The fraction of sp³-hybridized carbons (Fsp3) is 0.500. The third-order valence-electron chi connectivity index (χ3n) is 8.54. The Bertz CT molecular complexity index is 1210. The maximum Gasteiger partial charge on any atom is 0.191 e. The molecular weight excluding hydrogens is 440 g/mol. The van der Waals surface area contributed by atoms with Crippen LogP contribution in [0.5, 0.6) is 5.75 Å². The maximum atomic E-state index is 13.7. The van der Waals surface area contributed by atoms with Crippen molar-refractivity contribution in [1.29, 1.82) is 5.26 Å². The highest BCUT2D eigenvalue weighted by atomic mass is 16.5. The zero-order valence-corrected chi connectivity index (χ0v) is 20.4. The lowest BCUT2D eigenvalue weighted by molar-refractivity contribution is 0.0115. The van der Waals surface area contributed by atoms with E-state index in [9.17, 15) is 15.2 Å². The number of anilines is 1. The van der Waals surface area contributed by atoms with Crippen molar-refractivity contribution in [1.82, 2.24) is 10.2 Å². The minimum Gasteiger partial charge on any atom is -0.506 e. The van der Waals surface area contributed by atoms with Crippen molar-refractivity contribution in [3.63, 3.8) is 0 Å². The van der Waals surface area contributed by atoms with Gasteiger partial charge in [-0.1, -0.05) is 19.9 Å². The van der Waals surface area contributed by atoms with Gasteiger partial charge in [-0.25, -0.2) is 0 Å². The number of carbonyl (C=O) groups is 1. The first-order chi connectivity index (χ1) is 16.9. The van der Waals surface area contributed by atoms with Gasteiger partial charge in [-0.3, -0.25) is 9.69 Å². The number of nitrogens with one attached hydrogen (secondary N) is 1. The molecule has 3 heterocycles. The normalized spacial score (nSPS) is 28.1. The Morgan fingerprint density at radius 1 is 1.17 bits per heavy atom. The lowest BCUT2D eigenvalue weighted by Crippen LogP contribution is -2.49. The number of allylic oxidation sites excluding steroid dienone is 3. The van der Waals surface area contributed by atoms with Crippen molar-refractivity contribution in [2.45, 2.75) is 44.2 Å². The molecule has 0 amide bonds. The number of rotatable bonds is 2. The third-order valence-corrected chi connectivity index (χ3v) is 8.54. The van der Waals surface area contributed by atoms with Crippen LogP contribution in [0.3, 0.4) is 0 Å². The van der Waals surface area contributed by atoms with Gasteiger partial charge in [0.05, 0.1) is 31.0 Å². The Hall–Kier alpha value is -3.08. The van der Waals surface area contributed by atoms with Gasteiger partial charge in [0.15, 0.2) is 5.78 Å². The number of aromatic hydroxyl groups is 1. The van der Waals surface area contributed by atoms with E-state index in [-0.39, 0.29) is 23.5 Å². The molecule has 2 fully saturated rings. The summed E-state index contributed by atoms with van der Waals surface area (Å²) in [5.41, 5.74) is 4.24. The van der Waals surface area contributed by atoms with Gasteiger partial charge >= 0.3 is 0 Å². The monoisotopic (exact) mass is 472 g/mol. The Labute approximate surface area is 206 Å². The predicted octanol–water partition coefficient (Wildman–Crippen LogP) is 3.03. The number of ether oxygens (including phenoxy) is 1. The Balaban J connectivity index is 1.29. The second-order valence-electron chi connectivity index (χ2n) is 10.8. The zero-order valence-electron chi connectivity index (χ0n) is 20.4. The molecule has 0 radical (unpaired) electrons. The van der Waals surface area contributed by atoms with E-state index in [0.717, 1.165) is 74.8 Å². The molecule has 2 saturated heterocycles.